The molecule has 1 aromatic heterocycles. The normalized spacial score (nSPS) is 28.9. The number of carbonyl (C=O) groups is 1. The van der Waals surface area contributed by atoms with Gasteiger partial charge >= 0.3 is 0 Å². The Morgan fingerprint density at radius 3 is 3.15 bits per heavy atom. The van der Waals surface area contributed by atoms with Crippen LogP contribution in [-0.2, 0) is 20.8 Å². The molecule has 2 fully saturated rings. The highest BCUT2D eigenvalue weighted by Crippen LogP contribution is 2.24. The van der Waals surface area contributed by atoms with Crippen LogP contribution in [0.4, 0.5) is 0 Å². The molecule has 1 amide bonds. The van der Waals surface area contributed by atoms with Crippen molar-refractivity contribution in [3.8, 4) is 0 Å². The molecule has 6 heteroatoms. The molecule has 1 spiro atoms. The molecule has 0 aliphatic carbocycles. The topological polar surface area (TPSA) is 42.0 Å². The molecule has 20 heavy (non-hydrogen) atoms. The smallest absolute Gasteiger partial charge is 0.248 e. The Morgan fingerprint density at radius 2 is 2.35 bits per heavy atom. The molecule has 2 aliphatic heterocycles. The molecule has 0 saturated carbocycles. The third-order valence-electron chi connectivity index (χ3n) is 3.83. The van der Waals surface area contributed by atoms with Crippen molar-refractivity contribution in [3.63, 3.8) is 0 Å². The van der Waals surface area contributed by atoms with Gasteiger partial charge in [-0.05, 0) is 11.4 Å². The second kappa shape index (κ2) is 5.81. The van der Waals surface area contributed by atoms with E-state index in [1.807, 2.05) is 7.05 Å². The SMILES string of the molecule is CN1CC2(COCC1=O)CN(Cc1cccs1)CCO2. The lowest BCUT2D eigenvalue weighted by atomic mass is 10.0. The summed E-state index contributed by atoms with van der Waals surface area (Å²) < 4.78 is 11.5. The van der Waals surface area contributed by atoms with E-state index in [2.05, 4.69) is 22.4 Å². The summed E-state index contributed by atoms with van der Waals surface area (Å²) in [6.07, 6.45) is 0. The molecule has 3 heterocycles. The van der Waals surface area contributed by atoms with Crippen LogP contribution in [0.1, 0.15) is 4.88 Å². The first-order valence-corrected chi connectivity index (χ1v) is 7.75. The second-order valence-corrected chi connectivity index (χ2v) is 6.60. The first-order valence-electron chi connectivity index (χ1n) is 6.87. The Hall–Kier alpha value is -0.950. The summed E-state index contributed by atoms with van der Waals surface area (Å²) in [6.45, 7) is 4.63. The Labute approximate surface area is 123 Å². The van der Waals surface area contributed by atoms with Crippen molar-refractivity contribution in [2.45, 2.75) is 12.1 Å². The summed E-state index contributed by atoms with van der Waals surface area (Å²) in [4.78, 5) is 17.2. The summed E-state index contributed by atoms with van der Waals surface area (Å²) in [5.41, 5.74) is -0.379. The first kappa shape index (κ1) is 14.0. The molecule has 2 saturated heterocycles. The van der Waals surface area contributed by atoms with Crippen LogP contribution in [0, 0.1) is 0 Å². The standard InChI is InChI=1S/C14H20N2O3S/c1-15-9-14(11-18-8-13(15)17)10-16(4-5-19-14)7-12-3-2-6-20-12/h2-3,6H,4-5,7-11H2,1H3. The van der Waals surface area contributed by atoms with Gasteiger partial charge in [-0.2, -0.15) is 0 Å². The monoisotopic (exact) mass is 296 g/mol. The minimum absolute atomic E-state index is 0.0286. The third-order valence-corrected chi connectivity index (χ3v) is 4.69. The van der Waals surface area contributed by atoms with Crippen molar-refractivity contribution in [2.24, 2.45) is 0 Å². The van der Waals surface area contributed by atoms with Gasteiger partial charge in [0.05, 0.1) is 19.8 Å². The van der Waals surface area contributed by atoms with Crippen molar-refractivity contribution >= 4 is 17.2 Å². The Morgan fingerprint density at radius 1 is 1.45 bits per heavy atom. The van der Waals surface area contributed by atoms with Gasteiger partial charge in [-0.15, -0.1) is 11.3 Å². The van der Waals surface area contributed by atoms with Gasteiger partial charge in [0, 0.05) is 31.6 Å². The first-order chi connectivity index (χ1) is 9.67. The predicted octanol–water partition coefficient (Wildman–Crippen LogP) is 0.808. The van der Waals surface area contributed by atoms with E-state index < -0.39 is 0 Å². The van der Waals surface area contributed by atoms with Gasteiger partial charge < -0.3 is 14.4 Å². The zero-order valence-corrected chi connectivity index (χ0v) is 12.5. The molecule has 0 radical (unpaired) electrons. The molecule has 0 bridgehead atoms. The van der Waals surface area contributed by atoms with Crippen LogP contribution in [0.5, 0.6) is 0 Å². The van der Waals surface area contributed by atoms with Crippen molar-refractivity contribution in [1.82, 2.24) is 9.80 Å². The number of rotatable bonds is 2. The van der Waals surface area contributed by atoms with Crippen molar-refractivity contribution in [3.05, 3.63) is 22.4 Å². The number of nitrogens with zero attached hydrogens (tertiary/aromatic N) is 2. The predicted molar refractivity (Wildman–Crippen MR) is 76.7 cm³/mol. The Kier molecular flexibility index (Phi) is 4.07. The van der Waals surface area contributed by atoms with Gasteiger partial charge in [-0.1, -0.05) is 6.07 Å². The summed E-state index contributed by atoms with van der Waals surface area (Å²) >= 11 is 1.78. The Balaban J connectivity index is 1.68. The van der Waals surface area contributed by atoms with E-state index in [0.717, 1.165) is 19.6 Å². The maximum absolute atomic E-state index is 11.7. The number of thiophene rings is 1. The molecule has 110 valence electrons. The van der Waals surface area contributed by atoms with Gasteiger partial charge in [0.25, 0.3) is 0 Å². The van der Waals surface area contributed by atoms with Gasteiger partial charge in [0.15, 0.2) is 0 Å². The molecule has 5 nitrogen and oxygen atoms in total. The van der Waals surface area contributed by atoms with Crippen molar-refractivity contribution in [2.75, 3.05) is 46.5 Å². The number of ether oxygens (including phenoxy) is 2. The highest BCUT2D eigenvalue weighted by atomic mass is 32.1. The summed E-state index contributed by atoms with van der Waals surface area (Å²) in [5.74, 6) is 0.0286. The fourth-order valence-electron chi connectivity index (χ4n) is 2.86. The average molecular weight is 296 g/mol. The highest BCUT2D eigenvalue weighted by molar-refractivity contribution is 7.09. The number of likely N-dealkylation sites (N-methyl/N-ethyl adjacent to an activating group) is 1. The zero-order valence-electron chi connectivity index (χ0n) is 11.7. The molecule has 0 aromatic carbocycles. The number of carbonyl (C=O) groups excluding carboxylic acids is 1. The molecule has 2 aliphatic rings. The van der Waals surface area contributed by atoms with Crippen LogP contribution in [0.3, 0.4) is 0 Å². The Bertz CT molecular complexity index is 465. The third kappa shape index (κ3) is 3.03. The molecule has 3 rings (SSSR count). The van der Waals surface area contributed by atoms with Crippen LogP contribution in [0.2, 0.25) is 0 Å². The lowest BCUT2D eigenvalue weighted by Crippen LogP contribution is -2.58. The number of morpholine rings is 1. The van der Waals surface area contributed by atoms with Gasteiger partial charge in [0.2, 0.25) is 5.91 Å². The van der Waals surface area contributed by atoms with Crippen LogP contribution in [0.15, 0.2) is 17.5 Å². The van der Waals surface area contributed by atoms with E-state index in [-0.39, 0.29) is 18.1 Å². The van der Waals surface area contributed by atoms with E-state index >= 15 is 0 Å². The lowest BCUT2D eigenvalue weighted by molar-refractivity contribution is -0.143. The minimum Gasteiger partial charge on any atom is -0.369 e. The molecule has 1 atom stereocenters. The second-order valence-electron chi connectivity index (χ2n) is 5.56. The van der Waals surface area contributed by atoms with E-state index in [1.165, 1.54) is 4.88 Å². The fourth-order valence-corrected chi connectivity index (χ4v) is 3.61. The molecular formula is C14H20N2O3S. The maximum Gasteiger partial charge on any atom is 0.248 e. The summed E-state index contributed by atoms with van der Waals surface area (Å²) in [6, 6.07) is 4.24. The summed E-state index contributed by atoms with van der Waals surface area (Å²) in [7, 11) is 1.82. The van der Waals surface area contributed by atoms with Crippen LogP contribution >= 0.6 is 11.3 Å². The van der Waals surface area contributed by atoms with Gasteiger partial charge in [0.1, 0.15) is 12.2 Å². The maximum atomic E-state index is 11.7. The van der Waals surface area contributed by atoms with Gasteiger partial charge in [-0.3, -0.25) is 9.69 Å². The van der Waals surface area contributed by atoms with Crippen LogP contribution in [-0.4, -0.2) is 67.8 Å². The fraction of sp³-hybridized carbons (Fsp3) is 0.643. The highest BCUT2D eigenvalue weighted by Gasteiger charge is 2.41. The molecule has 1 aromatic rings. The molecule has 1 unspecified atom stereocenters. The summed E-state index contributed by atoms with van der Waals surface area (Å²) in [5, 5.41) is 2.10. The lowest BCUT2D eigenvalue weighted by Gasteiger charge is -2.42. The van der Waals surface area contributed by atoms with Gasteiger partial charge in [-0.25, -0.2) is 0 Å². The minimum atomic E-state index is -0.379. The van der Waals surface area contributed by atoms with Crippen LogP contribution < -0.4 is 0 Å². The van der Waals surface area contributed by atoms with Crippen molar-refractivity contribution in [1.29, 1.82) is 0 Å². The average Bonchev–Trinajstić information content (AvgIpc) is 2.87. The van der Waals surface area contributed by atoms with E-state index in [0.29, 0.717) is 19.8 Å². The van der Waals surface area contributed by atoms with Crippen LogP contribution in [0.25, 0.3) is 0 Å². The molecule has 0 N–H and O–H groups in total. The number of hydrogen-bond acceptors (Lipinski definition) is 5. The van der Waals surface area contributed by atoms with E-state index in [4.69, 9.17) is 9.47 Å². The molecular weight excluding hydrogens is 276 g/mol. The largest absolute Gasteiger partial charge is 0.369 e. The van der Waals surface area contributed by atoms with E-state index in [9.17, 15) is 4.79 Å². The number of hydrogen-bond donors (Lipinski definition) is 0. The number of amides is 1. The van der Waals surface area contributed by atoms with Crippen molar-refractivity contribution < 1.29 is 14.3 Å². The quantitative estimate of drug-likeness (QED) is 0.810. The van der Waals surface area contributed by atoms with E-state index in [1.54, 1.807) is 16.2 Å². The zero-order chi connectivity index (χ0) is 14.0.